The maximum Gasteiger partial charge on any atom is 0.307 e. The molecule has 55 heavy (non-hydrogen) atoms. The normalized spacial score (nSPS) is 12.6. The number of hydrogen-bond donors (Lipinski definition) is 0. The van der Waals surface area contributed by atoms with Gasteiger partial charge in [-0.15, -0.1) is 0 Å². The Morgan fingerprint density at radius 1 is 0.509 bits per heavy atom. The molecule has 0 aliphatic carbocycles. The first-order valence-corrected chi connectivity index (χ1v) is 22.8. The molecule has 314 valence electrons. The van der Waals surface area contributed by atoms with Gasteiger partial charge in [0.15, 0.2) is 0 Å². The van der Waals surface area contributed by atoms with Gasteiger partial charge in [0.05, 0.1) is 26.2 Å². The SMILES string of the molecule is CCCCC/C=C\C/C=C\CCCCCCCCOc1cc(OCCCCCCCC/C=C\C/C=C\CCCCC)cc(C(CC(=O)OCCC)N(C)C)c1. The van der Waals surface area contributed by atoms with Gasteiger partial charge in [0.25, 0.3) is 0 Å². The van der Waals surface area contributed by atoms with Crippen molar-refractivity contribution in [3.8, 4) is 11.5 Å². The molecule has 0 aromatic heterocycles. The van der Waals surface area contributed by atoms with Gasteiger partial charge >= 0.3 is 5.97 Å². The summed E-state index contributed by atoms with van der Waals surface area (Å²) in [6.45, 7) is 8.37. The first-order valence-electron chi connectivity index (χ1n) is 22.8. The summed E-state index contributed by atoms with van der Waals surface area (Å²) in [6, 6.07) is 6.08. The lowest BCUT2D eigenvalue weighted by atomic mass is 10.0. The largest absolute Gasteiger partial charge is 0.493 e. The number of carbonyl (C=O) groups is 1. The maximum atomic E-state index is 12.6. The zero-order valence-electron chi connectivity index (χ0n) is 36.5. The van der Waals surface area contributed by atoms with Gasteiger partial charge in [-0.25, -0.2) is 0 Å². The highest BCUT2D eigenvalue weighted by molar-refractivity contribution is 5.70. The number of nitrogens with zero attached hydrogens (tertiary/aromatic N) is 1. The molecule has 0 aliphatic heterocycles. The number of esters is 1. The van der Waals surface area contributed by atoms with Gasteiger partial charge in [0.2, 0.25) is 0 Å². The summed E-state index contributed by atoms with van der Waals surface area (Å²) >= 11 is 0. The van der Waals surface area contributed by atoms with E-state index < -0.39 is 0 Å². The predicted molar refractivity (Wildman–Crippen MR) is 238 cm³/mol. The van der Waals surface area contributed by atoms with Crippen LogP contribution in [-0.4, -0.2) is 44.8 Å². The second-order valence-electron chi connectivity index (χ2n) is 15.5. The van der Waals surface area contributed by atoms with Crippen LogP contribution in [0.4, 0.5) is 0 Å². The Hall–Kier alpha value is -2.79. The molecule has 0 heterocycles. The third-order valence-electron chi connectivity index (χ3n) is 9.97. The number of ether oxygens (including phenoxy) is 3. The molecule has 1 atom stereocenters. The molecule has 1 rings (SSSR count). The van der Waals surface area contributed by atoms with E-state index in [9.17, 15) is 4.79 Å². The number of carbonyl (C=O) groups excluding carboxylic acids is 1. The summed E-state index contributed by atoms with van der Waals surface area (Å²) in [5, 5.41) is 0. The van der Waals surface area contributed by atoms with Gasteiger partial charge in [-0.05, 0) is 115 Å². The van der Waals surface area contributed by atoms with E-state index in [1.165, 1.54) is 128 Å². The van der Waals surface area contributed by atoms with Crippen molar-refractivity contribution in [3.63, 3.8) is 0 Å². The van der Waals surface area contributed by atoms with E-state index in [2.05, 4.69) is 79.5 Å². The predicted octanol–water partition coefficient (Wildman–Crippen LogP) is 15.0. The van der Waals surface area contributed by atoms with Gasteiger partial charge < -0.3 is 19.1 Å². The number of hydrogen-bond acceptors (Lipinski definition) is 5. The second kappa shape index (κ2) is 38.1. The van der Waals surface area contributed by atoms with Crippen molar-refractivity contribution in [1.29, 1.82) is 0 Å². The fraction of sp³-hybridized carbons (Fsp3) is 0.700. The Morgan fingerprint density at radius 2 is 0.909 bits per heavy atom. The smallest absolute Gasteiger partial charge is 0.307 e. The van der Waals surface area contributed by atoms with E-state index in [-0.39, 0.29) is 12.0 Å². The summed E-state index contributed by atoms with van der Waals surface area (Å²) < 4.78 is 18.1. The zero-order chi connectivity index (χ0) is 39.9. The van der Waals surface area contributed by atoms with Crippen LogP contribution in [0.5, 0.6) is 11.5 Å². The lowest BCUT2D eigenvalue weighted by Crippen LogP contribution is -2.24. The average molecular weight is 764 g/mol. The Morgan fingerprint density at radius 3 is 1.31 bits per heavy atom. The molecule has 0 N–H and O–H groups in total. The molecule has 0 fully saturated rings. The van der Waals surface area contributed by atoms with Crippen LogP contribution in [0.15, 0.2) is 66.8 Å². The van der Waals surface area contributed by atoms with Crippen LogP contribution >= 0.6 is 0 Å². The molecule has 1 aromatic rings. The third-order valence-corrected chi connectivity index (χ3v) is 9.97. The fourth-order valence-corrected chi connectivity index (χ4v) is 6.54. The molecule has 0 radical (unpaired) electrons. The summed E-state index contributed by atoms with van der Waals surface area (Å²) in [5.74, 6) is 1.47. The minimum absolute atomic E-state index is 0.112. The summed E-state index contributed by atoms with van der Waals surface area (Å²) in [5.41, 5.74) is 1.03. The topological polar surface area (TPSA) is 48.0 Å². The molecule has 1 unspecified atom stereocenters. The van der Waals surface area contributed by atoms with Crippen LogP contribution in [0.25, 0.3) is 0 Å². The van der Waals surface area contributed by atoms with Crippen LogP contribution in [0.2, 0.25) is 0 Å². The van der Waals surface area contributed by atoms with Gasteiger partial charge in [0.1, 0.15) is 11.5 Å². The number of unbranched alkanes of at least 4 members (excludes halogenated alkanes) is 18. The van der Waals surface area contributed by atoms with Crippen molar-refractivity contribution >= 4 is 5.97 Å². The molecule has 1 aromatic carbocycles. The highest BCUT2D eigenvalue weighted by atomic mass is 16.5. The van der Waals surface area contributed by atoms with Crippen molar-refractivity contribution in [2.75, 3.05) is 33.9 Å². The highest BCUT2D eigenvalue weighted by Gasteiger charge is 2.21. The van der Waals surface area contributed by atoms with Crippen LogP contribution in [0, 0.1) is 0 Å². The molecule has 5 heteroatoms. The minimum Gasteiger partial charge on any atom is -0.493 e. The minimum atomic E-state index is -0.169. The summed E-state index contributed by atoms with van der Waals surface area (Å²) in [6.07, 6.45) is 49.3. The van der Waals surface area contributed by atoms with Gasteiger partial charge in [-0.1, -0.05) is 146 Å². The van der Waals surface area contributed by atoms with E-state index in [1.54, 1.807) is 0 Å². The molecule has 0 amide bonds. The fourth-order valence-electron chi connectivity index (χ4n) is 6.54. The van der Waals surface area contributed by atoms with E-state index in [4.69, 9.17) is 14.2 Å². The number of benzene rings is 1. The standard InChI is InChI=1S/C50H85NO4/c1-6-9-11-13-15-17-19-21-23-25-27-29-31-33-35-37-40-53-47-42-46(49(51(4)5)45-50(52)55-39-8-3)43-48(44-47)54-41-38-36-34-32-30-28-26-24-22-20-18-16-14-12-10-7-2/h15-18,21-24,42-44,49H,6-14,19-20,25-41,45H2,1-5H3/b17-15-,18-16-,23-21-,24-22-. The summed E-state index contributed by atoms with van der Waals surface area (Å²) in [7, 11) is 4.03. The van der Waals surface area contributed by atoms with Crippen molar-refractivity contribution in [2.24, 2.45) is 0 Å². The van der Waals surface area contributed by atoms with Gasteiger partial charge in [0, 0.05) is 12.1 Å². The number of rotatable bonds is 38. The van der Waals surface area contributed by atoms with E-state index in [1.807, 2.05) is 27.1 Å². The monoisotopic (exact) mass is 764 g/mol. The van der Waals surface area contributed by atoms with Crippen LogP contribution in [0.3, 0.4) is 0 Å². The van der Waals surface area contributed by atoms with Crippen LogP contribution in [-0.2, 0) is 9.53 Å². The maximum absolute atomic E-state index is 12.6. The Labute approximate surface area is 340 Å². The van der Waals surface area contributed by atoms with Crippen molar-refractivity contribution in [2.45, 2.75) is 194 Å². The number of allylic oxidation sites excluding steroid dienone is 8. The first-order chi connectivity index (χ1) is 27.0. The second-order valence-corrected chi connectivity index (χ2v) is 15.5. The first kappa shape index (κ1) is 50.2. The molecular weight excluding hydrogens is 679 g/mol. The molecule has 0 bridgehead atoms. The Kier molecular flexibility index (Phi) is 34.8. The van der Waals surface area contributed by atoms with Crippen LogP contribution in [0.1, 0.15) is 199 Å². The Bertz CT molecular complexity index is 1070. The van der Waals surface area contributed by atoms with E-state index >= 15 is 0 Å². The average Bonchev–Trinajstić information content (AvgIpc) is 3.18. The molecular formula is C50H85NO4. The lowest BCUT2D eigenvalue weighted by molar-refractivity contribution is -0.145. The quantitative estimate of drug-likeness (QED) is 0.0381. The van der Waals surface area contributed by atoms with Crippen LogP contribution < -0.4 is 9.47 Å². The van der Waals surface area contributed by atoms with E-state index in [0.717, 1.165) is 49.2 Å². The zero-order valence-corrected chi connectivity index (χ0v) is 36.5. The molecule has 0 saturated heterocycles. The highest BCUT2D eigenvalue weighted by Crippen LogP contribution is 2.31. The van der Waals surface area contributed by atoms with Crippen molar-refractivity contribution in [1.82, 2.24) is 4.90 Å². The third kappa shape index (κ3) is 31.0. The van der Waals surface area contributed by atoms with Crippen molar-refractivity contribution in [3.05, 3.63) is 72.4 Å². The molecule has 0 aliphatic rings. The molecule has 0 spiro atoms. The van der Waals surface area contributed by atoms with E-state index in [0.29, 0.717) is 26.2 Å². The molecule has 0 saturated carbocycles. The van der Waals surface area contributed by atoms with Gasteiger partial charge in [-0.3, -0.25) is 4.79 Å². The Balaban J connectivity index is 2.45. The van der Waals surface area contributed by atoms with Crippen molar-refractivity contribution < 1.29 is 19.0 Å². The lowest BCUT2D eigenvalue weighted by Gasteiger charge is -2.25. The summed E-state index contributed by atoms with van der Waals surface area (Å²) in [4.78, 5) is 14.7. The van der Waals surface area contributed by atoms with Gasteiger partial charge in [-0.2, -0.15) is 0 Å². The molecule has 5 nitrogen and oxygen atoms in total.